The van der Waals surface area contributed by atoms with Gasteiger partial charge in [-0.1, -0.05) is 19.1 Å². The summed E-state index contributed by atoms with van der Waals surface area (Å²) >= 11 is 0. The molecule has 10 heteroatoms. The van der Waals surface area contributed by atoms with Crippen molar-refractivity contribution in [2.75, 3.05) is 11.5 Å². The molecule has 3 aromatic carbocycles. The topological polar surface area (TPSA) is 139 Å². The van der Waals surface area contributed by atoms with E-state index in [0.717, 1.165) is 0 Å². The zero-order chi connectivity index (χ0) is 20.5. The van der Waals surface area contributed by atoms with Gasteiger partial charge in [-0.05, 0) is 42.5 Å². The average molecular weight is 419 g/mol. The van der Waals surface area contributed by atoms with Crippen LogP contribution >= 0.6 is 0 Å². The van der Waals surface area contributed by atoms with Gasteiger partial charge < -0.3 is 5.73 Å². The van der Waals surface area contributed by atoms with Crippen LogP contribution in [-0.4, -0.2) is 27.1 Å². The first kappa shape index (κ1) is 19.9. The fourth-order valence-electron chi connectivity index (χ4n) is 2.68. The van der Waals surface area contributed by atoms with Crippen molar-refractivity contribution in [2.24, 2.45) is 10.2 Å². The monoisotopic (exact) mass is 419 g/mol. The summed E-state index contributed by atoms with van der Waals surface area (Å²) in [6, 6.07) is 13.3. The Morgan fingerprint density at radius 1 is 0.929 bits per heavy atom. The molecule has 0 aliphatic rings. The third-order valence-electron chi connectivity index (χ3n) is 4.14. The van der Waals surface area contributed by atoms with Gasteiger partial charge in [0.1, 0.15) is 4.90 Å². The Hall–Kier alpha value is -2.82. The molecule has 0 atom stereocenters. The Balaban J connectivity index is 2.05. The lowest BCUT2D eigenvalue weighted by Gasteiger charge is -2.08. The molecule has 3 N–H and O–H groups in total. The van der Waals surface area contributed by atoms with Gasteiger partial charge in [-0.15, -0.1) is 5.11 Å². The highest BCUT2D eigenvalue weighted by Gasteiger charge is 2.17. The third kappa shape index (κ3) is 3.88. The first-order valence-corrected chi connectivity index (χ1v) is 11.3. The zero-order valence-corrected chi connectivity index (χ0v) is 16.4. The van der Waals surface area contributed by atoms with Gasteiger partial charge in [0, 0.05) is 16.5 Å². The van der Waals surface area contributed by atoms with E-state index in [0.29, 0.717) is 16.8 Å². The number of nitrogens with zero attached hydrogens (tertiary/aromatic N) is 2. The lowest BCUT2D eigenvalue weighted by Crippen LogP contribution is -2.02. The fraction of sp³-hybridized carbons (Fsp3) is 0.111. The van der Waals surface area contributed by atoms with Gasteiger partial charge in [0.15, 0.2) is 9.84 Å². The number of azo groups is 1. The lowest BCUT2D eigenvalue weighted by atomic mass is 10.1. The second kappa shape index (κ2) is 7.30. The number of rotatable bonds is 5. The number of benzene rings is 3. The van der Waals surface area contributed by atoms with Gasteiger partial charge in [0.25, 0.3) is 10.1 Å². The van der Waals surface area contributed by atoms with Gasteiger partial charge >= 0.3 is 0 Å². The van der Waals surface area contributed by atoms with E-state index in [4.69, 9.17) is 5.73 Å². The van der Waals surface area contributed by atoms with Crippen molar-refractivity contribution in [3.63, 3.8) is 0 Å². The average Bonchev–Trinajstić information content (AvgIpc) is 2.67. The number of hydrogen-bond donors (Lipinski definition) is 2. The molecule has 0 unspecified atom stereocenters. The molecule has 0 saturated heterocycles. The molecule has 0 aromatic heterocycles. The summed E-state index contributed by atoms with van der Waals surface area (Å²) in [6.45, 7) is 1.57. The van der Waals surface area contributed by atoms with E-state index in [9.17, 15) is 21.4 Å². The molecule has 0 saturated carbocycles. The van der Waals surface area contributed by atoms with E-state index in [2.05, 4.69) is 10.2 Å². The molecule has 0 bridgehead atoms. The van der Waals surface area contributed by atoms with Crippen molar-refractivity contribution in [2.45, 2.75) is 16.7 Å². The first-order valence-electron chi connectivity index (χ1n) is 8.17. The van der Waals surface area contributed by atoms with Gasteiger partial charge in [0.2, 0.25) is 0 Å². The Morgan fingerprint density at radius 2 is 1.61 bits per heavy atom. The third-order valence-corrected chi connectivity index (χ3v) is 6.79. The molecule has 0 aliphatic heterocycles. The van der Waals surface area contributed by atoms with E-state index in [1.54, 1.807) is 19.1 Å². The van der Waals surface area contributed by atoms with Crippen LogP contribution in [0, 0.1) is 0 Å². The van der Waals surface area contributed by atoms with Crippen molar-refractivity contribution in [1.82, 2.24) is 0 Å². The highest BCUT2D eigenvalue weighted by atomic mass is 32.2. The van der Waals surface area contributed by atoms with Gasteiger partial charge in [-0.3, -0.25) is 4.55 Å². The summed E-state index contributed by atoms with van der Waals surface area (Å²) in [5.41, 5.74) is 6.84. The van der Waals surface area contributed by atoms with Crippen molar-refractivity contribution < 1.29 is 21.4 Å². The van der Waals surface area contributed by atoms with Crippen molar-refractivity contribution in [1.29, 1.82) is 0 Å². The van der Waals surface area contributed by atoms with Crippen LogP contribution in [0.4, 0.5) is 17.1 Å². The summed E-state index contributed by atoms with van der Waals surface area (Å²) < 4.78 is 56.4. The first-order chi connectivity index (χ1) is 13.1. The lowest BCUT2D eigenvalue weighted by molar-refractivity contribution is 0.484. The minimum absolute atomic E-state index is 0.00138. The van der Waals surface area contributed by atoms with E-state index < -0.39 is 20.0 Å². The van der Waals surface area contributed by atoms with Gasteiger partial charge in [-0.2, -0.15) is 13.5 Å². The molecule has 28 heavy (non-hydrogen) atoms. The molecule has 0 radical (unpaired) electrons. The largest absolute Gasteiger partial charge is 0.398 e. The standard InChI is InChI=1S/C18H17N3O5S2/c1-2-27(22,23)13-8-6-12(7-9-13)20-21-16-11-10-15(19)18-14(16)4-3-5-17(18)28(24,25)26/h3-11H,2,19H2,1H3,(H,24,25,26). The van der Waals surface area contributed by atoms with Crippen LogP contribution in [0.5, 0.6) is 0 Å². The van der Waals surface area contributed by atoms with Crippen LogP contribution in [0.15, 0.2) is 74.6 Å². The molecule has 0 aliphatic carbocycles. The predicted octanol–water partition coefficient (Wildman–Crippen LogP) is 3.88. The number of hydrogen-bond acceptors (Lipinski definition) is 7. The Bertz CT molecular complexity index is 1280. The van der Waals surface area contributed by atoms with E-state index in [1.807, 2.05) is 0 Å². The molecule has 3 aromatic rings. The number of fused-ring (bicyclic) bond motifs is 1. The van der Waals surface area contributed by atoms with E-state index in [-0.39, 0.29) is 26.6 Å². The highest BCUT2D eigenvalue weighted by Crippen LogP contribution is 2.35. The molecule has 146 valence electrons. The Morgan fingerprint density at radius 3 is 2.21 bits per heavy atom. The second-order valence-corrected chi connectivity index (χ2v) is 9.59. The molecule has 0 amide bonds. The second-order valence-electron chi connectivity index (χ2n) is 5.93. The van der Waals surface area contributed by atoms with E-state index >= 15 is 0 Å². The molecule has 0 spiro atoms. The number of nitrogens with two attached hydrogens (primary N) is 1. The van der Waals surface area contributed by atoms with E-state index in [1.165, 1.54) is 42.5 Å². The summed E-state index contributed by atoms with van der Waals surface area (Å²) in [7, 11) is -7.77. The van der Waals surface area contributed by atoms with Crippen molar-refractivity contribution in [3.05, 3.63) is 54.6 Å². The van der Waals surface area contributed by atoms with Gasteiger partial charge in [-0.25, -0.2) is 8.42 Å². The molecule has 0 fully saturated rings. The SMILES string of the molecule is CCS(=O)(=O)c1ccc(N=Nc2ccc(N)c3c(S(=O)(=O)O)cccc23)cc1. The van der Waals surface area contributed by atoms with Crippen LogP contribution in [0.2, 0.25) is 0 Å². The van der Waals surface area contributed by atoms with Crippen molar-refractivity contribution >= 4 is 47.8 Å². The molecule has 8 nitrogen and oxygen atoms in total. The molecule has 3 rings (SSSR count). The minimum Gasteiger partial charge on any atom is -0.398 e. The molecular formula is C18H17N3O5S2. The quantitative estimate of drug-likeness (QED) is 0.365. The normalized spacial score (nSPS) is 12.6. The highest BCUT2D eigenvalue weighted by molar-refractivity contribution is 7.91. The zero-order valence-electron chi connectivity index (χ0n) is 14.8. The maximum atomic E-state index is 11.8. The minimum atomic E-state index is -4.47. The molecular weight excluding hydrogens is 402 g/mol. The number of anilines is 1. The maximum Gasteiger partial charge on any atom is 0.295 e. The number of sulfone groups is 1. The number of nitrogen functional groups attached to an aromatic ring is 1. The Kier molecular flexibility index (Phi) is 5.20. The molecule has 0 heterocycles. The van der Waals surface area contributed by atoms with Crippen LogP contribution in [-0.2, 0) is 20.0 Å². The van der Waals surface area contributed by atoms with Crippen LogP contribution in [0.3, 0.4) is 0 Å². The summed E-state index contributed by atoms with van der Waals surface area (Å²) in [4.78, 5) is -0.113. The Labute approximate surface area is 162 Å². The summed E-state index contributed by atoms with van der Waals surface area (Å²) in [5, 5.41) is 8.76. The van der Waals surface area contributed by atoms with Crippen LogP contribution < -0.4 is 5.73 Å². The predicted molar refractivity (Wildman–Crippen MR) is 107 cm³/mol. The van der Waals surface area contributed by atoms with Crippen molar-refractivity contribution in [3.8, 4) is 0 Å². The van der Waals surface area contributed by atoms with Crippen LogP contribution in [0.25, 0.3) is 10.8 Å². The van der Waals surface area contributed by atoms with Gasteiger partial charge in [0.05, 0.1) is 22.0 Å². The summed E-state index contributed by atoms with van der Waals surface area (Å²) in [5.74, 6) is 0.00138. The smallest absolute Gasteiger partial charge is 0.295 e. The maximum absolute atomic E-state index is 11.8. The summed E-state index contributed by atoms with van der Waals surface area (Å²) in [6.07, 6.45) is 0. The van der Waals surface area contributed by atoms with Crippen LogP contribution in [0.1, 0.15) is 6.92 Å². The fourth-order valence-corrected chi connectivity index (χ4v) is 4.31.